The van der Waals surface area contributed by atoms with Crippen LogP contribution in [0.15, 0.2) is 0 Å². The molecular weight excluding hydrogens is 643 g/mol. The molecule has 5 rings (SSSR count). The minimum absolute atomic E-state index is 0. The molecule has 268 valence electrons. The molecule has 10 unspecified atom stereocenters. The summed E-state index contributed by atoms with van der Waals surface area (Å²) in [6.07, 6.45) is -2.05. The summed E-state index contributed by atoms with van der Waals surface area (Å²) in [4.78, 5) is 0. The van der Waals surface area contributed by atoms with Crippen molar-refractivity contribution in [3.8, 4) is 0 Å². The van der Waals surface area contributed by atoms with Gasteiger partial charge in [-0.25, -0.2) is 8.42 Å². The normalized spacial score (nSPS) is 47.4. The first kappa shape index (κ1) is 40.3. The van der Waals surface area contributed by atoms with E-state index < -0.39 is 76.9 Å². The van der Waals surface area contributed by atoms with E-state index in [-0.39, 0.29) is 78.1 Å². The molecule has 0 spiro atoms. The van der Waals surface area contributed by atoms with E-state index in [1.807, 2.05) is 0 Å². The fraction of sp³-hybridized carbons (Fsp3) is 1.00. The van der Waals surface area contributed by atoms with Gasteiger partial charge in [-0.15, -0.1) is 0 Å². The maximum absolute atomic E-state index is 11.6. The Bertz CT molecular complexity index is 1140. The van der Waals surface area contributed by atoms with Gasteiger partial charge >= 0.3 is 29.6 Å². The van der Waals surface area contributed by atoms with Crippen LogP contribution < -0.4 is 29.6 Å². The molecule has 4 saturated carbocycles. The van der Waals surface area contributed by atoms with Gasteiger partial charge in [0.15, 0.2) is 6.29 Å². The van der Waals surface area contributed by atoms with Crippen molar-refractivity contribution in [2.45, 2.75) is 141 Å². The Morgan fingerprint density at radius 1 is 0.915 bits per heavy atom. The zero-order valence-corrected chi connectivity index (χ0v) is 31.5. The third kappa shape index (κ3) is 7.84. The van der Waals surface area contributed by atoms with Crippen LogP contribution in [0.25, 0.3) is 0 Å². The number of hydrogen-bond donors (Lipinski definition) is 6. The van der Waals surface area contributed by atoms with E-state index in [0.717, 1.165) is 32.1 Å². The second-order valence-electron chi connectivity index (χ2n) is 16.1. The van der Waals surface area contributed by atoms with E-state index in [9.17, 15) is 43.6 Å². The van der Waals surface area contributed by atoms with E-state index in [2.05, 4.69) is 27.7 Å². The molecule has 6 N–H and O–H groups in total. The summed E-state index contributed by atoms with van der Waals surface area (Å²) in [6.45, 7) is 8.20. The maximum atomic E-state index is 11.6. The summed E-state index contributed by atoms with van der Waals surface area (Å²) in [6, 6.07) is 0. The van der Waals surface area contributed by atoms with Gasteiger partial charge in [0.1, 0.15) is 24.4 Å². The van der Waals surface area contributed by atoms with Crippen LogP contribution in [-0.4, -0.2) is 106 Å². The number of aliphatic hydroxyl groups excluding tert-OH is 6. The van der Waals surface area contributed by atoms with E-state index in [4.69, 9.17) is 13.7 Å². The van der Waals surface area contributed by atoms with Gasteiger partial charge in [0.05, 0.1) is 24.9 Å². The van der Waals surface area contributed by atoms with E-state index >= 15 is 0 Å². The van der Waals surface area contributed by atoms with Crippen LogP contribution in [0.2, 0.25) is 0 Å². The molecular formula is C33H57NaO12S. The van der Waals surface area contributed by atoms with Crippen molar-refractivity contribution in [3.63, 3.8) is 0 Å². The van der Waals surface area contributed by atoms with Crippen molar-refractivity contribution in [1.29, 1.82) is 0 Å². The summed E-state index contributed by atoms with van der Waals surface area (Å²) in [7, 11) is -4.88. The molecule has 0 aromatic carbocycles. The molecule has 0 aromatic rings. The predicted molar refractivity (Wildman–Crippen MR) is 164 cm³/mol. The molecule has 5 aliphatic rings. The van der Waals surface area contributed by atoms with E-state index in [1.54, 1.807) is 0 Å². The molecule has 5 fully saturated rings. The standard InChI is InChI=1S/C33H58O12S.Na/c1-17(2)6-5-7-18(15-34)21-8-9-22-20-13-25(36)24-12-19(45-46(40,41)42)10-11-32(24,3)23(20)14-27(33(21,22)4)44-31-30(39)29(38)28(37)26(16-35)43-31;/h17-31,34-39H,5-16H2,1-4H3,(H,40,41,42);/q;+1/p-1/t18?,19-,20?,21-,22?,23?,24?,25-,26?,27-,28?,29?,30?,31?,32-,33-;/m1./s1. The van der Waals surface area contributed by atoms with Crippen LogP contribution in [0.3, 0.4) is 0 Å². The van der Waals surface area contributed by atoms with Crippen molar-refractivity contribution in [3.05, 3.63) is 0 Å². The largest absolute Gasteiger partial charge is 1.00 e. The first-order valence-electron chi connectivity index (χ1n) is 17.4. The second-order valence-corrected chi connectivity index (χ2v) is 17.1. The minimum atomic E-state index is -4.88. The number of hydrogen-bond acceptors (Lipinski definition) is 12. The summed E-state index contributed by atoms with van der Waals surface area (Å²) < 4.78 is 51.7. The van der Waals surface area contributed by atoms with Gasteiger partial charge in [-0.3, -0.25) is 4.18 Å². The van der Waals surface area contributed by atoms with Gasteiger partial charge < -0.3 is 44.7 Å². The molecule has 0 aromatic heterocycles. The van der Waals surface area contributed by atoms with Gasteiger partial charge in [0, 0.05) is 12.0 Å². The van der Waals surface area contributed by atoms with Crippen LogP contribution in [0.1, 0.15) is 91.9 Å². The molecule has 0 bridgehead atoms. The summed E-state index contributed by atoms with van der Waals surface area (Å²) in [5.41, 5.74) is -0.871. The second kappa shape index (κ2) is 15.7. The van der Waals surface area contributed by atoms with Gasteiger partial charge in [-0.2, -0.15) is 0 Å². The zero-order valence-electron chi connectivity index (χ0n) is 28.7. The number of ether oxygens (including phenoxy) is 2. The fourth-order valence-electron chi connectivity index (χ4n) is 11.0. The Balaban J connectivity index is 0.00000500. The Morgan fingerprint density at radius 3 is 2.23 bits per heavy atom. The maximum Gasteiger partial charge on any atom is 1.00 e. The molecule has 1 aliphatic heterocycles. The van der Waals surface area contributed by atoms with Crippen LogP contribution in [0.4, 0.5) is 0 Å². The van der Waals surface area contributed by atoms with Crippen molar-refractivity contribution < 1.29 is 86.8 Å². The number of aliphatic hydroxyl groups is 6. The summed E-state index contributed by atoms with van der Waals surface area (Å²) >= 11 is 0. The van der Waals surface area contributed by atoms with Crippen molar-refractivity contribution in [1.82, 2.24) is 0 Å². The predicted octanol–water partition coefficient (Wildman–Crippen LogP) is -1.30. The fourth-order valence-corrected chi connectivity index (χ4v) is 11.5. The average molecular weight is 701 g/mol. The first-order valence-corrected chi connectivity index (χ1v) is 18.8. The van der Waals surface area contributed by atoms with Crippen LogP contribution in [0.5, 0.6) is 0 Å². The topological polar surface area (TPSA) is 206 Å². The summed E-state index contributed by atoms with van der Waals surface area (Å²) in [5, 5.41) is 64.1. The van der Waals surface area contributed by atoms with Crippen LogP contribution in [-0.2, 0) is 24.1 Å². The zero-order chi connectivity index (χ0) is 33.8. The monoisotopic (exact) mass is 700 g/mol. The molecule has 0 radical (unpaired) electrons. The van der Waals surface area contributed by atoms with Crippen LogP contribution in [0, 0.1) is 52.3 Å². The SMILES string of the molecule is CC(C)CCCC(CO)[C@H]1CCC2C3C[C@@H](O)C4C[C@H](OS(=O)(=O)[O-])CC[C@]4(C)C3C[C@@H](OC3OC(CO)C(O)C(O)C3O)[C@@]21C.[Na+]. The minimum Gasteiger partial charge on any atom is -0.726 e. The number of fused-ring (bicyclic) bond motifs is 5. The Hall–Kier alpha value is 0.550. The van der Waals surface area contributed by atoms with Crippen molar-refractivity contribution in [2.75, 3.05) is 13.2 Å². The third-order valence-corrected chi connectivity index (χ3v) is 13.8. The molecule has 16 atom stereocenters. The van der Waals surface area contributed by atoms with Crippen LogP contribution >= 0.6 is 0 Å². The average Bonchev–Trinajstić information content (AvgIpc) is 3.34. The van der Waals surface area contributed by atoms with Gasteiger partial charge in [0.25, 0.3) is 0 Å². The Morgan fingerprint density at radius 2 is 1.62 bits per heavy atom. The number of rotatable bonds is 11. The van der Waals surface area contributed by atoms with Crippen molar-refractivity contribution in [2.24, 2.45) is 52.3 Å². The smallest absolute Gasteiger partial charge is 0.726 e. The van der Waals surface area contributed by atoms with E-state index in [0.29, 0.717) is 31.6 Å². The molecule has 4 aliphatic carbocycles. The molecule has 0 amide bonds. The molecule has 1 heterocycles. The van der Waals surface area contributed by atoms with E-state index in [1.165, 1.54) is 0 Å². The van der Waals surface area contributed by atoms with Crippen molar-refractivity contribution >= 4 is 10.4 Å². The van der Waals surface area contributed by atoms with Gasteiger partial charge in [0.2, 0.25) is 10.4 Å². The molecule has 12 nitrogen and oxygen atoms in total. The first-order chi connectivity index (χ1) is 21.5. The molecule has 47 heavy (non-hydrogen) atoms. The van der Waals surface area contributed by atoms with Gasteiger partial charge in [-0.1, -0.05) is 40.5 Å². The summed E-state index contributed by atoms with van der Waals surface area (Å²) in [5.74, 6) is 0.709. The van der Waals surface area contributed by atoms with Gasteiger partial charge in [-0.05, 0) is 98.2 Å². The Kier molecular flexibility index (Phi) is 13.4. The molecule has 14 heteroatoms. The third-order valence-electron chi connectivity index (χ3n) is 13.3. The molecule has 1 saturated heterocycles. The Labute approximate surface area is 302 Å². The quantitative estimate of drug-likeness (QED) is 0.0644.